The third-order valence-corrected chi connectivity index (χ3v) is 3.16. The number of rotatable bonds is 5. The first-order valence-corrected chi connectivity index (χ1v) is 6.38. The van der Waals surface area contributed by atoms with E-state index < -0.39 is 0 Å². The minimum absolute atomic E-state index is 0.513. The molecule has 0 aliphatic heterocycles. The van der Waals surface area contributed by atoms with E-state index in [4.69, 9.17) is 0 Å². The molecule has 0 aliphatic carbocycles. The number of nitrogens with zero attached hydrogens (tertiary/aromatic N) is 3. The molecule has 0 saturated heterocycles. The molecule has 0 spiro atoms. The minimum Gasteiger partial charge on any atom is -0.341 e. The topological polar surface area (TPSA) is 58.5 Å². The van der Waals surface area contributed by atoms with Crippen molar-refractivity contribution in [2.45, 2.75) is 39.8 Å². The van der Waals surface area contributed by atoms with Crippen LogP contribution in [0.5, 0.6) is 0 Å². The molecule has 2 aromatic rings. The Morgan fingerprint density at radius 1 is 1.50 bits per heavy atom. The van der Waals surface area contributed by atoms with Crippen LogP contribution >= 0.6 is 0 Å². The second kappa shape index (κ2) is 5.35. The zero-order chi connectivity index (χ0) is 13.1. The van der Waals surface area contributed by atoms with E-state index in [1.165, 1.54) is 0 Å². The van der Waals surface area contributed by atoms with Crippen molar-refractivity contribution in [1.29, 1.82) is 0 Å². The fraction of sp³-hybridized carbons (Fsp3) is 0.538. The van der Waals surface area contributed by atoms with Gasteiger partial charge in [-0.3, -0.25) is 4.68 Å². The Morgan fingerprint density at radius 2 is 2.28 bits per heavy atom. The lowest BCUT2D eigenvalue weighted by Gasteiger charge is -2.08. The summed E-state index contributed by atoms with van der Waals surface area (Å²) in [4.78, 5) is 7.73. The summed E-state index contributed by atoms with van der Waals surface area (Å²) >= 11 is 0. The Labute approximate surface area is 108 Å². The predicted molar refractivity (Wildman–Crippen MR) is 72.1 cm³/mol. The maximum absolute atomic E-state index is 4.39. The van der Waals surface area contributed by atoms with Gasteiger partial charge in [-0.2, -0.15) is 5.10 Å². The molecule has 1 atom stereocenters. The summed E-state index contributed by atoms with van der Waals surface area (Å²) in [6.07, 6.45) is 5.00. The van der Waals surface area contributed by atoms with Gasteiger partial charge in [-0.05, 0) is 20.3 Å². The van der Waals surface area contributed by atoms with Crippen molar-refractivity contribution in [3.05, 3.63) is 23.9 Å². The maximum Gasteiger partial charge on any atom is 0.120 e. The van der Waals surface area contributed by atoms with E-state index >= 15 is 0 Å². The number of imidazole rings is 1. The van der Waals surface area contributed by atoms with Crippen LogP contribution in [-0.4, -0.2) is 25.8 Å². The monoisotopic (exact) mass is 247 g/mol. The highest BCUT2D eigenvalue weighted by molar-refractivity contribution is 5.60. The van der Waals surface area contributed by atoms with E-state index in [-0.39, 0.29) is 0 Å². The second-order valence-electron chi connectivity index (χ2n) is 4.74. The smallest absolute Gasteiger partial charge is 0.120 e. The summed E-state index contributed by atoms with van der Waals surface area (Å²) in [6, 6.07) is 0.513. The maximum atomic E-state index is 4.39. The first-order chi connectivity index (χ1) is 8.60. The third-order valence-electron chi connectivity index (χ3n) is 3.16. The number of H-pyrrole nitrogens is 1. The van der Waals surface area contributed by atoms with Crippen LogP contribution in [0, 0.1) is 6.92 Å². The molecule has 2 heterocycles. The van der Waals surface area contributed by atoms with E-state index in [1.807, 2.05) is 31.0 Å². The number of aromatic amines is 1. The normalized spacial score (nSPS) is 12.9. The summed E-state index contributed by atoms with van der Waals surface area (Å²) in [7, 11) is 1.93. The molecule has 0 bridgehead atoms. The van der Waals surface area contributed by atoms with Gasteiger partial charge in [-0.15, -0.1) is 0 Å². The van der Waals surface area contributed by atoms with Crippen molar-refractivity contribution >= 4 is 0 Å². The molecule has 98 valence electrons. The number of aromatic nitrogens is 4. The van der Waals surface area contributed by atoms with E-state index in [0.717, 1.165) is 35.7 Å². The van der Waals surface area contributed by atoms with Crippen LogP contribution in [0.4, 0.5) is 0 Å². The molecule has 2 rings (SSSR count). The fourth-order valence-electron chi connectivity index (χ4n) is 1.87. The number of hydrogen-bond acceptors (Lipinski definition) is 3. The summed E-state index contributed by atoms with van der Waals surface area (Å²) < 4.78 is 1.82. The highest BCUT2D eigenvalue weighted by Gasteiger charge is 2.09. The Balaban J connectivity index is 2.08. The van der Waals surface area contributed by atoms with Crippen LogP contribution in [0.25, 0.3) is 11.3 Å². The van der Waals surface area contributed by atoms with Gasteiger partial charge in [0.05, 0.1) is 24.1 Å². The van der Waals surface area contributed by atoms with Gasteiger partial charge >= 0.3 is 0 Å². The van der Waals surface area contributed by atoms with Crippen LogP contribution in [-0.2, 0) is 13.6 Å². The summed E-state index contributed by atoms with van der Waals surface area (Å²) in [6.45, 7) is 7.13. The molecule has 5 heteroatoms. The van der Waals surface area contributed by atoms with Gasteiger partial charge in [-0.1, -0.05) is 6.92 Å². The number of aryl methyl sites for hydroxylation is 2. The zero-order valence-corrected chi connectivity index (χ0v) is 11.5. The molecule has 0 radical (unpaired) electrons. The molecule has 0 saturated carbocycles. The molecule has 0 aromatic carbocycles. The Bertz CT molecular complexity index is 511. The lowest BCUT2D eigenvalue weighted by atomic mass is 10.2. The van der Waals surface area contributed by atoms with Crippen molar-refractivity contribution < 1.29 is 0 Å². The SMILES string of the molecule is CCC(C)NCc1ncc(-c2cn(C)nc2C)[nH]1. The van der Waals surface area contributed by atoms with Gasteiger partial charge in [0, 0.05) is 24.8 Å². The fourth-order valence-corrected chi connectivity index (χ4v) is 1.87. The predicted octanol–water partition coefficient (Wildman–Crippen LogP) is 2.01. The molecule has 2 aromatic heterocycles. The minimum atomic E-state index is 0.513. The highest BCUT2D eigenvalue weighted by Crippen LogP contribution is 2.19. The standard InChI is InChI=1S/C13H21N5/c1-5-9(2)14-7-13-15-6-12(16-13)11-8-18(4)17-10(11)3/h6,8-9,14H,5,7H2,1-4H3,(H,15,16). The zero-order valence-electron chi connectivity index (χ0n) is 11.5. The summed E-state index contributed by atoms with van der Waals surface area (Å²) in [5.41, 5.74) is 3.16. The average molecular weight is 247 g/mol. The highest BCUT2D eigenvalue weighted by atomic mass is 15.2. The second-order valence-corrected chi connectivity index (χ2v) is 4.74. The van der Waals surface area contributed by atoms with Gasteiger partial charge in [0.1, 0.15) is 5.82 Å². The Hall–Kier alpha value is -1.62. The molecule has 5 nitrogen and oxygen atoms in total. The van der Waals surface area contributed by atoms with Crippen LogP contribution in [0.3, 0.4) is 0 Å². The molecule has 1 unspecified atom stereocenters. The molecule has 2 N–H and O–H groups in total. The Morgan fingerprint density at radius 3 is 2.89 bits per heavy atom. The molecular weight excluding hydrogens is 226 g/mol. The summed E-state index contributed by atoms with van der Waals surface area (Å²) in [5.74, 6) is 0.966. The average Bonchev–Trinajstić information content (AvgIpc) is 2.92. The van der Waals surface area contributed by atoms with Crippen LogP contribution in [0.2, 0.25) is 0 Å². The molecule has 0 aliphatic rings. The first kappa shape index (κ1) is 12.8. The number of hydrogen-bond donors (Lipinski definition) is 2. The molecular formula is C13H21N5. The number of nitrogens with one attached hydrogen (secondary N) is 2. The largest absolute Gasteiger partial charge is 0.341 e. The van der Waals surface area contributed by atoms with Crippen molar-refractivity contribution in [3.8, 4) is 11.3 Å². The van der Waals surface area contributed by atoms with Crippen molar-refractivity contribution in [3.63, 3.8) is 0 Å². The first-order valence-electron chi connectivity index (χ1n) is 6.38. The van der Waals surface area contributed by atoms with E-state index in [1.54, 1.807) is 0 Å². The van der Waals surface area contributed by atoms with Crippen LogP contribution < -0.4 is 5.32 Å². The lowest BCUT2D eigenvalue weighted by Crippen LogP contribution is -2.24. The van der Waals surface area contributed by atoms with Crippen molar-refractivity contribution in [1.82, 2.24) is 25.1 Å². The van der Waals surface area contributed by atoms with Gasteiger partial charge < -0.3 is 10.3 Å². The van der Waals surface area contributed by atoms with Crippen molar-refractivity contribution in [2.75, 3.05) is 0 Å². The summed E-state index contributed by atoms with van der Waals surface area (Å²) in [5, 5.41) is 7.76. The molecule has 0 amide bonds. The quantitative estimate of drug-likeness (QED) is 0.849. The lowest BCUT2D eigenvalue weighted by molar-refractivity contribution is 0.525. The van der Waals surface area contributed by atoms with Gasteiger partial charge in [-0.25, -0.2) is 4.98 Å². The van der Waals surface area contributed by atoms with Gasteiger partial charge in [0.15, 0.2) is 0 Å². The van der Waals surface area contributed by atoms with E-state index in [9.17, 15) is 0 Å². The van der Waals surface area contributed by atoms with Crippen LogP contribution in [0.1, 0.15) is 31.8 Å². The third kappa shape index (κ3) is 2.79. The van der Waals surface area contributed by atoms with Gasteiger partial charge in [0.2, 0.25) is 0 Å². The van der Waals surface area contributed by atoms with Gasteiger partial charge in [0.25, 0.3) is 0 Å². The molecule has 0 fully saturated rings. The van der Waals surface area contributed by atoms with E-state index in [2.05, 4.69) is 34.2 Å². The van der Waals surface area contributed by atoms with E-state index in [0.29, 0.717) is 6.04 Å². The Kier molecular flexibility index (Phi) is 3.81. The van der Waals surface area contributed by atoms with Crippen molar-refractivity contribution in [2.24, 2.45) is 7.05 Å². The van der Waals surface area contributed by atoms with Crippen LogP contribution in [0.15, 0.2) is 12.4 Å². The molecule has 18 heavy (non-hydrogen) atoms.